The van der Waals surface area contributed by atoms with E-state index in [4.69, 9.17) is 9.72 Å². The minimum atomic E-state index is -0.913. The lowest BCUT2D eigenvalue weighted by atomic mass is 9.88. The highest BCUT2D eigenvalue weighted by atomic mass is 19.2. The molecule has 3 atom stereocenters. The summed E-state index contributed by atoms with van der Waals surface area (Å²) in [5.74, 6) is 0.244. The molecule has 2 aliphatic rings. The highest BCUT2D eigenvalue weighted by molar-refractivity contribution is 5.55. The van der Waals surface area contributed by atoms with Crippen LogP contribution in [0.25, 0.3) is 17.2 Å². The van der Waals surface area contributed by atoms with E-state index in [-0.39, 0.29) is 18.1 Å². The number of aryl methyl sites for hydroxylation is 1. The third-order valence-corrected chi connectivity index (χ3v) is 5.26. The molecule has 0 N–H and O–H groups in total. The Bertz CT molecular complexity index is 982. The molecule has 26 heavy (non-hydrogen) atoms. The van der Waals surface area contributed by atoms with Gasteiger partial charge in [0.2, 0.25) is 0 Å². The van der Waals surface area contributed by atoms with Crippen LogP contribution in [-0.4, -0.2) is 36.8 Å². The second-order valence-corrected chi connectivity index (χ2v) is 6.86. The van der Waals surface area contributed by atoms with Gasteiger partial charge in [-0.15, -0.1) is 5.10 Å². The predicted molar refractivity (Wildman–Crippen MR) is 88.7 cm³/mol. The van der Waals surface area contributed by atoms with Crippen molar-refractivity contribution in [2.45, 2.75) is 37.4 Å². The van der Waals surface area contributed by atoms with E-state index in [1.54, 1.807) is 15.6 Å². The predicted octanol–water partition coefficient (Wildman–Crippen LogP) is 2.98. The van der Waals surface area contributed by atoms with Gasteiger partial charge in [-0.05, 0) is 37.5 Å². The van der Waals surface area contributed by atoms with Crippen molar-refractivity contribution in [3.8, 4) is 17.2 Å². The smallest absolute Gasteiger partial charge is 0.182 e. The first-order valence-electron chi connectivity index (χ1n) is 8.66. The Morgan fingerprint density at radius 1 is 1.15 bits per heavy atom. The number of benzene rings is 1. The number of hydrogen-bond donors (Lipinski definition) is 0. The van der Waals surface area contributed by atoms with Gasteiger partial charge in [-0.25, -0.2) is 13.8 Å². The Morgan fingerprint density at radius 2 is 2.04 bits per heavy atom. The molecule has 2 fully saturated rings. The minimum absolute atomic E-state index is 0.133. The zero-order chi connectivity index (χ0) is 17.8. The summed E-state index contributed by atoms with van der Waals surface area (Å²) >= 11 is 0. The standard InChI is InChI=1S/C18H17F2N5O/c1-24-16(6-7-21-24)25-18(12-9-11-3-5-15(12)26-11)22-17(23-25)10-2-4-13(19)14(20)8-10/h2,4,6-8,11-12,15H,3,5,9H2,1H3/t11-,12+,15+/m0/s1. The zero-order valence-electron chi connectivity index (χ0n) is 14.1. The van der Waals surface area contributed by atoms with Crippen LogP contribution in [0.4, 0.5) is 8.78 Å². The molecule has 0 radical (unpaired) electrons. The van der Waals surface area contributed by atoms with Gasteiger partial charge in [0, 0.05) is 24.6 Å². The number of halogens is 2. The first kappa shape index (κ1) is 15.6. The third-order valence-electron chi connectivity index (χ3n) is 5.26. The summed E-state index contributed by atoms with van der Waals surface area (Å²) in [5, 5.41) is 8.79. The van der Waals surface area contributed by atoms with E-state index in [9.17, 15) is 8.78 Å². The van der Waals surface area contributed by atoms with Crippen LogP contribution in [0.3, 0.4) is 0 Å². The molecule has 0 saturated carbocycles. The Morgan fingerprint density at radius 3 is 2.69 bits per heavy atom. The average Bonchev–Trinajstić information content (AvgIpc) is 3.39. The Balaban J connectivity index is 1.64. The van der Waals surface area contributed by atoms with Crippen LogP contribution >= 0.6 is 0 Å². The van der Waals surface area contributed by atoms with Crippen molar-refractivity contribution in [3.63, 3.8) is 0 Å². The van der Waals surface area contributed by atoms with Gasteiger partial charge >= 0.3 is 0 Å². The first-order chi connectivity index (χ1) is 12.6. The lowest BCUT2D eigenvalue weighted by molar-refractivity contribution is 0.0996. The van der Waals surface area contributed by atoms with Crippen LogP contribution in [0.2, 0.25) is 0 Å². The fraction of sp³-hybridized carbons (Fsp3) is 0.389. The molecule has 134 valence electrons. The van der Waals surface area contributed by atoms with E-state index >= 15 is 0 Å². The summed E-state index contributed by atoms with van der Waals surface area (Å²) in [5.41, 5.74) is 0.440. The number of rotatable bonds is 3. The van der Waals surface area contributed by atoms with E-state index in [0.717, 1.165) is 43.0 Å². The lowest BCUT2D eigenvalue weighted by Crippen LogP contribution is -2.20. The molecule has 0 unspecified atom stereocenters. The van der Waals surface area contributed by atoms with Crippen LogP contribution in [0.1, 0.15) is 31.0 Å². The number of nitrogens with zero attached hydrogens (tertiary/aromatic N) is 5. The van der Waals surface area contributed by atoms with E-state index < -0.39 is 11.6 Å². The zero-order valence-corrected chi connectivity index (χ0v) is 14.1. The van der Waals surface area contributed by atoms with Crippen LogP contribution in [0.15, 0.2) is 30.5 Å². The van der Waals surface area contributed by atoms with Gasteiger partial charge in [0.1, 0.15) is 5.82 Å². The molecule has 5 rings (SSSR count). The molecule has 2 saturated heterocycles. The van der Waals surface area contributed by atoms with Crippen LogP contribution in [-0.2, 0) is 11.8 Å². The number of hydrogen-bond acceptors (Lipinski definition) is 4. The van der Waals surface area contributed by atoms with Gasteiger partial charge in [0.25, 0.3) is 0 Å². The number of ether oxygens (including phenoxy) is 1. The van der Waals surface area contributed by atoms with Gasteiger partial charge in [0.15, 0.2) is 23.3 Å². The molecular formula is C18H17F2N5O. The van der Waals surface area contributed by atoms with E-state index in [1.165, 1.54) is 6.07 Å². The molecular weight excluding hydrogens is 340 g/mol. The highest BCUT2D eigenvalue weighted by Gasteiger charge is 2.44. The average molecular weight is 357 g/mol. The molecule has 4 heterocycles. The molecule has 1 aromatic carbocycles. The molecule has 3 aromatic rings. The SMILES string of the molecule is Cn1nccc1-n1nc(-c2ccc(F)c(F)c2)nc1[C@@H]1C[C@@H]2CC[C@H]1O2. The summed E-state index contributed by atoms with van der Waals surface area (Å²) in [4.78, 5) is 4.69. The van der Waals surface area contributed by atoms with Gasteiger partial charge in [-0.3, -0.25) is 4.68 Å². The maximum atomic E-state index is 13.7. The van der Waals surface area contributed by atoms with E-state index in [2.05, 4.69) is 10.2 Å². The van der Waals surface area contributed by atoms with Gasteiger partial charge < -0.3 is 4.74 Å². The van der Waals surface area contributed by atoms with Crippen LogP contribution < -0.4 is 0 Å². The van der Waals surface area contributed by atoms with Crippen molar-refractivity contribution >= 4 is 0 Å². The maximum absolute atomic E-state index is 13.7. The second kappa shape index (κ2) is 5.70. The quantitative estimate of drug-likeness (QED) is 0.723. The topological polar surface area (TPSA) is 57.8 Å². The van der Waals surface area contributed by atoms with E-state index in [1.807, 2.05) is 13.1 Å². The van der Waals surface area contributed by atoms with Gasteiger partial charge in [-0.1, -0.05) is 0 Å². The van der Waals surface area contributed by atoms with E-state index in [0.29, 0.717) is 11.4 Å². The van der Waals surface area contributed by atoms with Crippen molar-refractivity contribution in [2.24, 2.45) is 7.05 Å². The lowest BCUT2D eigenvalue weighted by Gasteiger charge is -2.18. The Labute approximate surface area is 148 Å². The number of aromatic nitrogens is 5. The summed E-state index contributed by atoms with van der Waals surface area (Å²) in [6.07, 6.45) is 5.08. The summed E-state index contributed by atoms with van der Waals surface area (Å²) < 4.78 is 36.4. The largest absolute Gasteiger partial charge is 0.374 e. The normalized spacial score (nSPS) is 24.5. The fourth-order valence-corrected chi connectivity index (χ4v) is 3.97. The maximum Gasteiger partial charge on any atom is 0.182 e. The summed E-state index contributed by atoms with van der Waals surface area (Å²) in [6.45, 7) is 0. The third kappa shape index (κ3) is 2.36. The molecule has 2 aliphatic heterocycles. The van der Waals surface area contributed by atoms with Gasteiger partial charge in [0.05, 0.1) is 18.4 Å². The van der Waals surface area contributed by atoms with Crippen molar-refractivity contribution in [2.75, 3.05) is 0 Å². The fourth-order valence-electron chi connectivity index (χ4n) is 3.97. The van der Waals surface area contributed by atoms with Crippen molar-refractivity contribution in [1.82, 2.24) is 24.5 Å². The van der Waals surface area contributed by atoms with Crippen LogP contribution in [0, 0.1) is 11.6 Å². The van der Waals surface area contributed by atoms with Crippen molar-refractivity contribution < 1.29 is 13.5 Å². The summed E-state index contributed by atoms with van der Waals surface area (Å²) in [6, 6.07) is 5.55. The summed E-state index contributed by atoms with van der Waals surface area (Å²) in [7, 11) is 1.83. The second-order valence-electron chi connectivity index (χ2n) is 6.86. The molecule has 2 aromatic heterocycles. The molecule has 2 bridgehead atoms. The molecule has 0 spiro atoms. The van der Waals surface area contributed by atoms with Crippen molar-refractivity contribution in [1.29, 1.82) is 0 Å². The highest BCUT2D eigenvalue weighted by Crippen LogP contribution is 2.44. The Hall–Kier alpha value is -2.61. The first-order valence-corrected chi connectivity index (χ1v) is 8.66. The minimum Gasteiger partial charge on any atom is -0.374 e. The Kier molecular flexibility index (Phi) is 3.43. The molecule has 8 heteroatoms. The number of fused-ring (bicyclic) bond motifs is 2. The monoisotopic (exact) mass is 357 g/mol. The van der Waals surface area contributed by atoms with Crippen LogP contribution in [0.5, 0.6) is 0 Å². The van der Waals surface area contributed by atoms with Gasteiger partial charge in [-0.2, -0.15) is 9.78 Å². The van der Waals surface area contributed by atoms with Crippen molar-refractivity contribution in [3.05, 3.63) is 47.9 Å². The molecule has 0 amide bonds. The molecule has 0 aliphatic carbocycles. The molecule has 6 nitrogen and oxygen atoms in total.